The van der Waals surface area contributed by atoms with Gasteiger partial charge in [-0.1, -0.05) is 31.2 Å². The zero-order valence-electron chi connectivity index (χ0n) is 13.7. The zero-order chi connectivity index (χ0) is 16.8. The predicted molar refractivity (Wildman–Crippen MR) is 93.0 cm³/mol. The zero-order valence-corrected chi connectivity index (χ0v) is 13.7. The molecule has 0 heterocycles. The first kappa shape index (κ1) is 16.9. The number of ketones is 2. The van der Waals surface area contributed by atoms with Gasteiger partial charge in [-0.25, -0.2) is 0 Å². The Morgan fingerprint density at radius 1 is 1.13 bits per heavy atom. The summed E-state index contributed by atoms with van der Waals surface area (Å²) in [6.07, 6.45) is 2.93. The first-order valence-electron chi connectivity index (χ1n) is 7.79. The molecule has 0 amide bonds. The second-order valence-electron chi connectivity index (χ2n) is 5.74. The van der Waals surface area contributed by atoms with Crippen LogP contribution in [-0.4, -0.2) is 18.7 Å². The smallest absolute Gasteiger partial charge is 0.163 e. The third-order valence-electron chi connectivity index (χ3n) is 4.04. The summed E-state index contributed by atoms with van der Waals surface area (Å²) in [7, 11) is 1.63. The first-order chi connectivity index (χ1) is 11.0. The molecule has 0 radical (unpaired) electrons. The van der Waals surface area contributed by atoms with Gasteiger partial charge in [-0.3, -0.25) is 9.59 Å². The van der Waals surface area contributed by atoms with Crippen LogP contribution >= 0.6 is 0 Å². The number of rotatable bonds is 8. The van der Waals surface area contributed by atoms with Gasteiger partial charge in [0, 0.05) is 24.3 Å². The van der Waals surface area contributed by atoms with Gasteiger partial charge in [0.25, 0.3) is 0 Å². The van der Waals surface area contributed by atoms with Gasteiger partial charge in [-0.15, -0.1) is 6.58 Å². The van der Waals surface area contributed by atoms with Crippen molar-refractivity contribution in [3.63, 3.8) is 0 Å². The minimum Gasteiger partial charge on any atom is -0.497 e. The van der Waals surface area contributed by atoms with E-state index >= 15 is 0 Å². The number of methoxy groups -OCH3 is 1. The molecule has 0 bridgehead atoms. The number of benzene rings is 2. The van der Waals surface area contributed by atoms with E-state index < -0.39 is 0 Å². The number of hydrogen-bond acceptors (Lipinski definition) is 3. The third kappa shape index (κ3) is 4.28. The van der Waals surface area contributed by atoms with E-state index in [1.807, 2.05) is 43.3 Å². The van der Waals surface area contributed by atoms with Crippen molar-refractivity contribution >= 4 is 22.3 Å². The Bertz CT molecular complexity index is 731. The normalized spacial score (nSPS) is 11.9. The maximum absolute atomic E-state index is 12.3. The molecule has 120 valence electrons. The largest absolute Gasteiger partial charge is 0.497 e. The standard InChI is InChI=1S/C20H22O3/c1-4-5-14(2)19(21)10-11-20(22)17-7-6-16-13-18(23-3)9-8-15(16)12-17/h4,6-9,12-14H,1,5,10-11H2,2-3H3. The second kappa shape index (κ2) is 7.73. The summed E-state index contributed by atoms with van der Waals surface area (Å²) < 4.78 is 5.20. The monoisotopic (exact) mass is 310 g/mol. The molecule has 0 saturated heterocycles. The Kier molecular flexibility index (Phi) is 5.69. The fraction of sp³-hybridized carbons (Fsp3) is 0.300. The van der Waals surface area contributed by atoms with E-state index in [0.29, 0.717) is 12.0 Å². The van der Waals surface area contributed by atoms with Crippen LogP contribution in [0.3, 0.4) is 0 Å². The highest BCUT2D eigenvalue weighted by Gasteiger charge is 2.14. The minimum atomic E-state index is -0.0654. The van der Waals surface area contributed by atoms with Crippen LogP contribution in [0.1, 0.15) is 36.5 Å². The maximum atomic E-state index is 12.3. The Morgan fingerprint density at radius 2 is 1.83 bits per heavy atom. The molecule has 3 nitrogen and oxygen atoms in total. The van der Waals surface area contributed by atoms with Crippen LogP contribution in [0.5, 0.6) is 5.75 Å². The highest BCUT2D eigenvalue weighted by Crippen LogP contribution is 2.22. The van der Waals surface area contributed by atoms with Gasteiger partial charge in [0.2, 0.25) is 0 Å². The van der Waals surface area contributed by atoms with E-state index in [2.05, 4.69) is 6.58 Å². The molecule has 1 unspecified atom stereocenters. The first-order valence-corrected chi connectivity index (χ1v) is 7.79. The van der Waals surface area contributed by atoms with Gasteiger partial charge < -0.3 is 4.74 Å². The number of carbonyl (C=O) groups is 2. The highest BCUT2D eigenvalue weighted by atomic mass is 16.5. The number of fused-ring (bicyclic) bond motifs is 1. The van der Waals surface area contributed by atoms with E-state index in [1.165, 1.54) is 0 Å². The fourth-order valence-electron chi connectivity index (χ4n) is 2.53. The molecule has 2 aromatic rings. The van der Waals surface area contributed by atoms with Crippen molar-refractivity contribution in [2.75, 3.05) is 7.11 Å². The van der Waals surface area contributed by atoms with E-state index in [4.69, 9.17) is 4.74 Å². The molecule has 2 rings (SSSR count). The Labute approximate surface area is 137 Å². The predicted octanol–water partition coefficient (Wildman–Crippen LogP) is 4.59. The third-order valence-corrected chi connectivity index (χ3v) is 4.04. The number of hydrogen-bond donors (Lipinski definition) is 0. The summed E-state index contributed by atoms with van der Waals surface area (Å²) in [5.41, 5.74) is 0.645. The molecule has 0 N–H and O–H groups in total. The molecule has 0 saturated carbocycles. The fourth-order valence-corrected chi connectivity index (χ4v) is 2.53. The van der Waals surface area contributed by atoms with Gasteiger partial charge in [-0.2, -0.15) is 0 Å². The lowest BCUT2D eigenvalue weighted by molar-refractivity contribution is -0.122. The maximum Gasteiger partial charge on any atom is 0.163 e. The van der Waals surface area contributed by atoms with Crippen LogP contribution in [-0.2, 0) is 4.79 Å². The van der Waals surface area contributed by atoms with E-state index in [-0.39, 0.29) is 30.3 Å². The van der Waals surface area contributed by atoms with Crippen molar-refractivity contribution in [1.82, 2.24) is 0 Å². The second-order valence-corrected chi connectivity index (χ2v) is 5.74. The number of ether oxygens (including phenoxy) is 1. The van der Waals surface area contributed by atoms with Crippen LogP contribution in [0.15, 0.2) is 49.1 Å². The van der Waals surface area contributed by atoms with Crippen molar-refractivity contribution < 1.29 is 14.3 Å². The molecule has 0 aliphatic heterocycles. The van der Waals surface area contributed by atoms with Crippen LogP contribution in [0.4, 0.5) is 0 Å². The van der Waals surface area contributed by atoms with Crippen LogP contribution in [0.25, 0.3) is 10.8 Å². The Hall–Kier alpha value is -2.42. The van der Waals surface area contributed by atoms with Crippen molar-refractivity contribution in [1.29, 1.82) is 0 Å². The number of carbonyl (C=O) groups excluding carboxylic acids is 2. The van der Waals surface area contributed by atoms with E-state index in [9.17, 15) is 9.59 Å². The molecule has 3 heteroatoms. The number of allylic oxidation sites excluding steroid dienone is 1. The van der Waals surface area contributed by atoms with Crippen molar-refractivity contribution in [3.05, 3.63) is 54.6 Å². The molecule has 2 aromatic carbocycles. The lowest BCUT2D eigenvalue weighted by atomic mass is 9.96. The molecule has 0 aromatic heterocycles. The molecule has 0 spiro atoms. The summed E-state index contributed by atoms with van der Waals surface area (Å²) in [4.78, 5) is 24.2. The summed E-state index contributed by atoms with van der Waals surface area (Å²) in [6.45, 7) is 5.51. The van der Waals surface area contributed by atoms with Crippen molar-refractivity contribution in [2.45, 2.75) is 26.2 Å². The molecule has 0 aliphatic rings. The summed E-state index contributed by atoms with van der Waals surface area (Å²) in [5.74, 6) is 0.841. The van der Waals surface area contributed by atoms with Gasteiger partial charge in [0.1, 0.15) is 11.5 Å². The SMILES string of the molecule is C=CCC(C)C(=O)CCC(=O)c1ccc2cc(OC)ccc2c1. The molecular formula is C20H22O3. The van der Waals surface area contributed by atoms with E-state index in [1.54, 1.807) is 13.2 Å². The van der Waals surface area contributed by atoms with Crippen LogP contribution < -0.4 is 4.74 Å². The van der Waals surface area contributed by atoms with Gasteiger partial charge >= 0.3 is 0 Å². The summed E-state index contributed by atoms with van der Waals surface area (Å²) >= 11 is 0. The highest BCUT2D eigenvalue weighted by molar-refractivity contribution is 6.01. The topological polar surface area (TPSA) is 43.4 Å². The lowest BCUT2D eigenvalue weighted by Gasteiger charge is -2.08. The number of Topliss-reactive ketones (excluding diaryl/α,β-unsaturated/α-hetero) is 2. The molecule has 0 fully saturated rings. The van der Waals surface area contributed by atoms with Crippen LogP contribution in [0.2, 0.25) is 0 Å². The van der Waals surface area contributed by atoms with Gasteiger partial charge in [0.05, 0.1) is 7.11 Å². The minimum absolute atomic E-state index is 0.00173. The Morgan fingerprint density at radius 3 is 2.52 bits per heavy atom. The summed E-state index contributed by atoms with van der Waals surface area (Å²) in [6, 6.07) is 11.3. The molecule has 0 aliphatic carbocycles. The summed E-state index contributed by atoms with van der Waals surface area (Å²) in [5, 5.41) is 2.01. The lowest BCUT2D eigenvalue weighted by Crippen LogP contribution is -2.12. The van der Waals surface area contributed by atoms with Crippen LogP contribution in [0, 0.1) is 5.92 Å². The van der Waals surface area contributed by atoms with Crippen molar-refractivity contribution in [2.24, 2.45) is 5.92 Å². The van der Waals surface area contributed by atoms with Gasteiger partial charge in [0.15, 0.2) is 5.78 Å². The molecule has 1 atom stereocenters. The van der Waals surface area contributed by atoms with E-state index in [0.717, 1.165) is 16.5 Å². The molecular weight excluding hydrogens is 288 g/mol. The van der Waals surface area contributed by atoms with Gasteiger partial charge in [-0.05, 0) is 35.4 Å². The molecule has 23 heavy (non-hydrogen) atoms. The average Bonchev–Trinajstić information content (AvgIpc) is 2.58. The van der Waals surface area contributed by atoms with Crippen molar-refractivity contribution in [3.8, 4) is 5.75 Å². The average molecular weight is 310 g/mol. The Balaban J connectivity index is 2.06. The quantitative estimate of drug-likeness (QED) is 0.529.